The molecule has 0 radical (unpaired) electrons. The molecule has 1 fully saturated rings. The van der Waals surface area contributed by atoms with E-state index in [-0.39, 0.29) is 18.4 Å². The topological polar surface area (TPSA) is 49.4 Å². The molecule has 1 unspecified atom stereocenters. The van der Waals surface area contributed by atoms with Crippen LogP contribution in [0.4, 0.5) is 0 Å². The molecule has 1 aliphatic heterocycles. The van der Waals surface area contributed by atoms with Gasteiger partial charge in [-0.3, -0.25) is 9.59 Å². The molecular weight excluding hydrogens is 260 g/mol. The van der Waals surface area contributed by atoms with E-state index >= 15 is 0 Å². The molecule has 1 N–H and O–H groups in total. The number of nitrogens with one attached hydrogen (secondary N) is 1. The number of benzene rings is 1. The summed E-state index contributed by atoms with van der Waals surface area (Å²) in [4.78, 5) is 25.9. The van der Waals surface area contributed by atoms with Crippen molar-refractivity contribution in [2.75, 3.05) is 18.2 Å². The van der Waals surface area contributed by atoms with Crippen molar-refractivity contribution in [2.24, 2.45) is 0 Å². The maximum atomic E-state index is 12.3. The van der Waals surface area contributed by atoms with E-state index < -0.39 is 6.04 Å². The maximum Gasteiger partial charge on any atom is 0.255 e. The first-order valence-corrected chi connectivity index (χ1v) is 7.04. The third-order valence-electron chi connectivity index (χ3n) is 2.83. The Kier molecular flexibility index (Phi) is 4.48. The van der Waals surface area contributed by atoms with Gasteiger partial charge in [0.05, 0.1) is 12.4 Å². The van der Waals surface area contributed by atoms with Gasteiger partial charge in [-0.1, -0.05) is 24.1 Å². The molecule has 0 saturated carbocycles. The molecule has 5 heteroatoms. The smallest absolute Gasteiger partial charge is 0.255 e. The lowest BCUT2D eigenvalue weighted by Crippen LogP contribution is -2.47. The molecule has 2 amide bonds. The second-order valence-electron chi connectivity index (χ2n) is 4.08. The van der Waals surface area contributed by atoms with Gasteiger partial charge in [0.2, 0.25) is 5.91 Å². The van der Waals surface area contributed by atoms with Crippen molar-refractivity contribution in [1.82, 2.24) is 10.2 Å². The van der Waals surface area contributed by atoms with Gasteiger partial charge in [-0.25, -0.2) is 0 Å². The number of thioether (sulfide) groups is 1. The number of nitrogens with zero attached hydrogens (tertiary/aromatic N) is 1. The summed E-state index contributed by atoms with van der Waals surface area (Å²) in [6.45, 7) is 0.188. The number of hydrogen-bond acceptors (Lipinski definition) is 3. The molecule has 0 spiro atoms. The summed E-state index contributed by atoms with van der Waals surface area (Å²) in [5.41, 5.74) is 0.597. The highest BCUT2D eigenvalue weighted by Gasteiger charge is 2.34. The zero-order chi connectivity index (χ0) is 13.7. The van der Waals surface area contributed by atoms with Crippen LogP contribution in [0.15, 0.2) is 30.3 Å². The third kappa shape index (κ3) is 3.09. The van der Waals surface area contributed by atoms with Gasteiger partial charge < -0.3 is 10.2 Å². The van der Waals surface area contributed by atoms with E-state index in [0.29, 0.717) is 17.2 Å². The third-order valence-corrected chi connectivity index (χ3v) is 3.84. The lowest BCUT2D eigenvalue weighted by Gasteiger charge is -2.22. The second-order valence-corrected chi connectivity index (χ2v) is 5.08. The van der Waals surface area contributed by atoms with Gasteiger partial charge in [0.25, 0.3) is 5.91 Å². The van der Waals surface area contributed by atoms with E-state index in [1.165, 1.54) is 0 Å². The average Bonchev–Trinajstić information content (AvgIpc) is 2.94. The van der Waals surface area contributed by atoms with E-state index in [1.807, 2.05) is 18.2 Å². The van der Waals surface area contributed by atoms with Crippen molar-refractivity contribution in [1.29, 1.82) is 0 Å². The molecular formula is C14H14N2O2S. The van der Waals surface area contributed by atoms with E-state index in [0.717, 1.165) is 0 Å². The van der Waals surface area contributed by atoms with E-state index in [2.05, 4.69) is 11.2 Å². The fourth-order valence-electron chi connectivity index (χ4n) is 1.86. The highest BCUT2D eigenvalue weighted by Crippen LogP contribution is 2.23. The van der Waals surface area contributed by atoms with E-state index in [9.17, 15) is 9.59 Å². The lowest BCUT2D eigenvalue weighted by atomic mass is 10.1. The van der Waals surface area contributed by atoms with Crippen LogP contribution in [-0.4, -0.2) is 40.9 Å². The summed E-state index contributed by atoms with van der Waals surface area (Å²) in [7, 11) is 0. The van der Waals surface area contributed by atoms with Gasteiger partial charge in [0, 0.05) is 11.3 Å². The summed E-state index contributed by atoms with van der Waals surface area (Å²) < 4.78 is 0. The predicted octanol–water partition coefficient (Wildman–Crippen LogP) is 0.951. The van der Waals surface area contributed by atoms with Crippen LogP contribution in [0.2, 0.25) is 0 Å². The van der Waals surface area contributed by atoms with Crippen molar-refractivity contribution in [3.8, 4) is 12.3 Å². The number of carbonyl (C=O) groups excluding carboxylic acids is 2. The first kappa shape index (κ1) is 13.5. The standard InChI is InChI=1S/C14H14N2O2S/c1-2-8-15-13(17)12-9-19-10-16(12)14(18)11-6-4-3-5-7-11/h1,3-7,12H,8-10H2,(H,15,17). The Balaban J connectivity index is 2.09. The highest BCUT2D eigenvalue weighted by atomic mass is 32.2. The Morgan fingerprint density at radius 2 is 2.16 bits per heavy atom. The molecule has 1 aliphatic rings. The van der Waals surface area contributed by atoms with Crippen LogP contribution >= 0.6 is 11.8 Å². The zero-order valence-electron chi connectivity index (χ0n) is 10.3. The van der Waals surface area contributed by atoms with Crippen LogP contribution in [0.3, 0.4) is 0 Å². The van der Waals surface area contributed by atoms with Crippen LogP contribution in [0.25, 0.3) is 0 Å². The second kappa shape index (κ2) is 6.30. The normalized spacial score (nSPS) is 17.8. The fraction of sp³-hybridized carbons (Fsp3) is 0.286. The molecule has 1 aromatic carbocycles. The molecule has 1 heterocycles. The minimum absolute atomic E-state index is 0.119. The minimum Gasteiger partial charge on any atom is -0.343 e. The molecule has 4 nitrogen and oxygen atoms in total. The van der Waals surface area contributed by atoms with Crippen LogP contribution in [0.1, 0.15) is 10.4 Å². The number of carbonyl (C=O) groups is 2. The Morgan fingerprint density at radius 3 is 2.84 bits per heavy atom. The number of amides is 2. The molecule has 19 heavy (non-hydrogen) atoms. The number of terminal acetylenes is 1. The Bertz CT molecular complexity index is 510. The van der Waals surface area contributed by atoms with Gasteiger partial charge in [0.15, 0.2) is 0 Å². The summed E-state index contributed by atoms with van der Waals surface area (Å²) in [6.07, 6.45) is 5.11. The number of rotatable bonds is 3. The molecule has 0 aliphatic carbocycles. The van der Waals surface area contributed by atoms with Gasteiger partial charge in [-0.05, 0) is 12.1 Å². The Morgan fingerprint density at radius 1 is 1.42 bits per heavy atom. The first-order chi connectivity index (χ1) is 9.24. The predicted molar refractivity (Wildman–Crippen MR) is 75.6 cm³/mol. The van der Waals surface area contributed by atoms with Crippen molar-refractivity contribution in [2.45, 2.75) is 6.04 Å². The molecule has 0 aromatic heterocycles. The average molecular weight is 274 g/mol. The fourth-order valence-corrected chi connectivity index (χ4v) is 3.02. The van der Waals surface area contributed by atoms with Crippen molar-refractivity contribution in [3.05, 3.63) is 35.9 Å². The van der Waals surface area contributed by atoms with Gasteiger partial charge in [-0.2, -0.15) is 0 Å². The SMILES string of the molecule is C#CCNC(=O)C1CSCN1C(=O)c1ccccc1. The quantitative estimate of drug-likeness (QED) is 0.835. The summed E-state index contributed by atoms with van der Waals surface area (Å²) in [5.74, 6) is 3.18. The first-order valence-electron chi connectivity index (χ1n) is 5.89. The Labute approximate surface area is 116 Å². The summed E-state index contributed by atoms with van der Waals surface area (Å²) >= 11 is 1.57. The van der Waals surface area contributed by atoms with Gasteiger partial charge in [0.1, 0.15) is 6.04 Å². The van der Waals surface area contributed by atoms with Crippen molar-refractivity contribution in [3.63, 3.8) is 0 Å². The molecule has 1 saturated heterocycles. The van der Waals surface area contributed by atoms with Crippen LogP contribution in [0.5, 0.6) is 0 Å². The van der Waals surface area contributed by atoms with E-state index in [4.69, 9.17) is 6.42 Å². The highest BCUT2D eigenvalue weighted by molar-refractivity contribution is 7.99. The van der Waals surface area contributed by atoms with Crippen molar-refractivity contribution >= 4 is 23.6 Å². The van der Waals surface area contributed by atoms with Gasteiger partial charge >= 0.3 is 0 Å². The van der Waals surface area contributed by atoms with E-state index in [1.54, 1.807) is 28.8 Å². The largest absolute Gasteiger partial charge is 0.343 e. The van der Waals surface area contributed by atoms with Crippen LogP contribution in [-0.2, 0) is 4.79 Å². The monoisotopic (exact) mass is 274 g/mol. The minimum atomic E-state index is -0.439. The number of hydrogen-bond donors (Lipinski definition) is 1. The molecule has 0 bridgehead atoms. The zero-order valence-corrected chi connectivity index (χ0v) is 11.2. The van der Waals surface area contributed by atoms with Crippen LogP contribution < -0.4 is 5.32 Å². The molecule has 1 atom stereocenters. The van der Waals surface area contributed by atoms with Crippen molar-refractivity contribution < 1.29 is 9.59 Å². The summed E-state index contributed by atoms with van der Waals surface area (Å²) in [6, 6.07) is 8.54. The maximum absolute atomic E-state index is 12.3. The Hall–Kier alpha value is -1.93. The molecule has 2 rings (SSSR count). The van der Waals surface area contributed by atoms with Gasteiger partial charge in [-0.15, -0.1) is 18.2 Å². The lowest BCUT2D eigenvalue weighted by molar-refractivity contribution is -0.124. The molecule has 98 valence electrons. The summed E-state index contributed by atoms with van der Waals surface area (Å²) in [5, 5.41) is 2.63. The molecule has 1 aromatic rings. The van der Waals surface area contributed by atoms with Crippen LogP contribution in [0, 0.1) is 12.3 Å².